The molecule has 1 heterocycles. The second-order valence-corrected chi connectivity index (χ2v) is 5.69. The van der Waals surface area contributed by atoms with E-state index in [0.717, 1.165) is 40.8 Å². The Kier molecular flexibility index (Phi) is 6.21. The third kappa shape index (κ3) is 4.42. The fraction of sp³-hybridized carbons (Fsp3) is 0.533. The smallest absolute Gasteiger partial charge is 0.166 e. The number of rotatable bonds is 9. The second-order valence-electron chi connectivity index (χ2n) is 4.61. The first-order valence-electron chi connectivity index (χ1n) is 7.29. The summed E-state index contributed by atoms with van der Waals surface area (Å²) < 4.78 is 5.49. The number of aromatic nitrogens is 2. The van der Waals surface area contributed by atoms with Crippen LogP contribution in [0.5, 0.6) is 5.75 Å². The van der Waals surface area contributed by atoms with E-state index in [1.54, 1.807) is 11.8 Å². The van der Waals surface area contributed by atoms with Crippen molar-refractivity contribution >= 4 is 22.8 Å². The lowest BCUT2D eigenvalue weighted by Gasteiger charge is -2.01. The molecule has 2 rings (SSSR count). The number of thioether (sulfide) groups is 1. The van der Waals surface area contributed by atoms with Crippen LogP contribution in [0.25, 0.3) is 11.0 Å². The molecule has 20 heavy (non-hydrogen) atoms. The van der Waals surface area contributed by atoms with Crippen molar-refractivity contribution in [2.75, 3.05) is 25.4 Å². The SMILES string of the molecule is CCCCNCCSc1nc2ccc(OCC)cc2[nH]1. The van der Waals surface area contributed by atoms with Gasteiger partial charge < -0.3 is 15.0 Å². The fourth-order valence-corrected chi connectivity index (χ4v) is 2.72. The lowest BCUT2D eigenvalue weighted by atomic mass is 10.3. The Labute approximate surface area is 124 Å². The number of fused-ring (bicyclic) bond motifs is 1. The number of hydrogen-bond donors (Lipinski definition) is 2. The Morgan fingerprint density at radius 3 is 3.00 bits per heavy atom. The van der Waals surface area contributed by atoms with Crippen molar-refractivity contribution < 1.29 is 4.74 Å². The summed E-state index contributed by atoms with van der Waals surface area (Å²) in [5, 5.41) is 4.41. The maximum Gasteiger partial charge on any atom is 0.166 e. The van der Waals surface area contributed by atoms with Crippen molar-refractivity contribution in [3.05, 3.63) is 18.2 Å². The van der Waals surface area contributed by atoms with E-state index >= 15 is 0 Å². The lowest BCUT2D eigenvalue weighted by Crippen LogP contribution is -2.18. The zero-order valence-electron chi connectivity index (χ0n) is 12.2. The average Bonchev–Trinajstić information content (AvgIpc) is 2.85. The van der Waals surface area contributed by atoms with E-state index in [-0.39, 0.29) is 0 Å². The number of benzene rings is 1. The van der Waals surface area contributed by atoms with Gasteiger partial charge in [-0.15, -0.1) is 0 Å². The van der Waals surface area contributed by atoms with E-state index in [9.17, 15) is 0 Å². The van der Waals surface area contributed by atoms with Crippen molar-refractivity contribution in [2.45, 2.75) is 31.8 Å². The van der Waals surface area contributed by atoms with Crippen LogP contribution in [0.4, 0.5) is 0 Å². The number of imidazole rings is 1. The van der Waals surface area contributed by atoms with Crippen LogP contribution in [0.3, 0.4) is 0 Å². The molecule has 110 valence electrons. The highest BCUT2D eigenvalue weighted by Gasteiger charge is 2.04. The van der Waals surface area contributed by atoms with E-state index in [1.165, 1.54) is 12.8 Å². The maximum atomic E-state index is 5.49. The Morgan fingerprint density at radius 1 is 1.30 bits per heavy atom. The van der Waals surface area contributed by atoms with Crippen molar-refractivity contribution in [1.29, 1.82) is 0 Å². The van der Waals surface area contributed by atoms with Crippen LogP contribution < -0.4 is 10.1 Å². The highest BCUT2D eigenvalue weighted by molar-refractivity contribution is 7.99. The largest absolute Gasteiger partial charge is 0.494 e. The van der Waals surface area contributed by atoms with Gasteiger partial charge in [0.15, 0.2) is 5.16 Å². The number of aromatic amines is 1. The van der Waals surface area contributed by atoms with Gasteiger partial charge in [-0.3, -0.25) is 0 Å². The highest BCUT2D eigenvalue weighted by Crippen LogP contribution is 2.23. The molecule has 4 nitrogen and oxygen atoms in total. The first-order valence-corrected chi connectivity index (χ1v) is 8.28. The van der Waals surface area contributed by atoms with Crippen LogP contribution in [-0.4, -0.2) is 35.4 Å². The van der Waals surface area contributed by atoms with Crippen molar-refractivity contribution in [3.63, 3.8) is 0 Å². The molecule has 0 bridgehead atoms. The van der Waals surface area contributed by atoms with Gasteiger partial charge in [0.1, 0.15) is 5.75 Å². The minimum absolute atomic E-state index is 0.685. The minimum atomic E-state index is 0.685. The Morgan fingerprint density at radius 2 is 2.20 bits per heavy atom. The molecule has 2 aromatic rings. The van der Waals surface area contributed by atoms with Gasteiger partial charge in [-0.1, -0.05) is 25.1 Å². The van der Waals surface area contributed by atoms with E-state index in [1.807, 2.05) is 25.1 Å². The summed E-state index contributed by atoms with van der Waals surface area (Å²) in [6.07, 6.45) is 2.49. The number of ether oxygens (including phenoxy) is 1. The van der Waals surface area contributed by atoms with Crippen molar-refractivity contribution in [3.8, 4) is 5.75 Å². The van der Waals surface area contributed by atoms with Crippen LogP contribution in [-0.2, 0) is 0 Å². The average molecular weight is 293 g/mol. The van der Waals surface area contributed by atoms with Crippen molar-refractivity contribution in [1.82, 2.24) is 15.3 Å². The summed E-state index contributed by atoms with van der Waals surface area (Å²) in [5.41, 5.74) is 2.03. The normalized spacial score (nSPS) is 11.1. The molecule has 0 aliphatic rings. The van der Waals surface area contributed by atoms with Crippen molar-refractivity contribution in [2.24, 2.45) is 0 Å². The third-order valence-electron chi connectivity index (χ3n) is 2.97. The molecular formula is C15H23N3OS. The van der Waals surface area contributed by atoms with Gasteiger partial charge in [-0.2, -0.15) is 0 Å². The summed E-state index contributed by atoms with van der Waals surface area (Å²) >= 11 is 1.75. The maximum absolute atomic E-state index is 5.49. The molecular weight excluding hydrogens is 270 g/mol. The predicted molar refractivity (Wildman–Crippen MR) is 85.8 cm³/mol. The number of nitrogens with one attached hydrogen (secondary N) is 2. The molecule has 0 spiro atoms. The van der Waals surface area contributed by atoms with Crippen LogP contribution in [0.15, 0.2) is 23.4 Å². The first-order chi connectivity index (χ1) is 9.83. The molecule has 1 aromatic carbocycles. The summed E-state index contributed by atoms with van der Waals surface area (Å²) in [5.74, 6) is 1.92. The molecule has 0 saturated carbocycles. The highest BCUT2D eigenvalue weighted by atomic mass is 32.2. The quantitative estimate of drug-likeness (QED) is 0.549. The molecule has 0 atom stereocenters. The van der Waals surface area contributed by atoms with Gasteiger partial charge in [0.2, 0.25) is 0 Å². The summed E-state index contributed by atoms with van der Waals surface area (Å²) in [4.78, 5) is 7.91. The number of hydrogen-bond acceptors (Lipinski definition) is 4. The molecule has 0 saturated heterocycles. The molecule has 0 fully saturated rings. The Hall–Kier alpha value is -1.20. The van der Waals surface area contributed by atoms with E-state index in [0.29, 0.717) is 6.61 Å². The van der Waals surface area contributed by atoms with E-state index < -0.39 is 0 Å². The van der Waals surface area contributed by atoms with Gasteiger partial charge in [-0.05, 0) is 32.0 Å². The molecule has 2 N–H and O–H groups in total. The summed E-state index contributed by atoms with van der Waals surface area (Å²) in [7, 11) is 0. The molecule has 0 aliphatic heterocycles. The molecule has 1 aromatic heterocycles. The Balaban J connectivity index is 1.84. The molecule has 0 radical (unpaired) electrons. The van der Waals surface area contributed by atoms with E-state index in [4.69, 9.17) is 4.74 Å². The monoisotopic (exact) mass is 293 g/mol. The van der Waals surface area contributed by atoms with Crippen LogP contribution in [0.2, 0.25) is 0 Å². The molecule has 0 unspecified atom stereocenters. The zero-order valence-corrected chi connectivity index (χ0v) is 13.1. The summed E-state index contributed by atoms with van der Waals surface area (Å²) in [6, 6.07) is 5.98. The standard InChI is InChI=1S/C15H23N3OS/c1-3-5-8-16-9-10-20-15-17-13-7-6-12(19-4-2)11-14(13)18-15/h6-7,11,16H,3-5,8-10H2,1-2H3,(H,17,18). The van der Waals surface area contributed by atoms with Gasteiger partial charge in [0, 0.05) is 18.4 Å². The first kappa shape index (κ1) is 15.2. The third-order valence-corrected chi connectivity index (χ3v) is 3.84. The molecule has 0 amide bonds. The Bertz CT molecular complexity index is 527. The van der Waals surface area contributed by atoms with E-state index in [2.05, 4.69) is 22.2 Å². The number of nitrogens with zero attached hydrogens (tertiary/aromatic N) is 1. The van der Waals surface area contributed by atoms with Gasteiger partial charge >= 0.3 is 0 Å². The number of unbranched alkanes of at least 4 members (excludes halogenated alkanes) is 1. The van der Waals surface area contributed by atoms with Gasteiger partial charge in [-0.25, -0.2) is 4.98 Å². The van der Waals surface area contributed by atoms with Gasteiger partial charge in [0.25, 0.3) is 0 Å². The molecule has 0 aliphatic carbocycles. The lowest BCUT2D eigenvalue weighted by molar-refractivity contribution is 0.340. The minimum Gasteiger partial charge on any atom is -0.494 e. The van der Waals surface area contributed by atoms with Crippen LogP contribution in [0, 0.1) is 0 Å². The summed E-state index contributed by atoms with van der Waals surface area (Å²) in [6.45, 7) is 7.01. The molecule has 5 heteroatoms. The fourth-order valence-electron chi connectivity index (χ4n) is 1.94. The zero-order chi connectivity index (χ0) is 14.2. The second kappa shape index (κ2) is 8.17. The topological polar surface area (TPSA) is 49.9 Å². The van der Waals surface area contributed by atoms with Crippen LogP contribution >= 0.6 is 11.8 Å². The van der Waals surface area contributed by atoms with Gasteiger partial charge in [0.05, 0.1) is 17.6 Å². The van der Waals surface area contributed by atoms with Crippen LogP contribution in [0.1, 0.15) is 26.7 Å². The number of H-pyrrole nitrogens is 1. The predicted octanol–water partition coefficient (Wildman–Crippen LogP) is 3.44.